The summed E-state index contributed by atoms with van der Waals surface area (Å²) in [5.74, 6) is -2.67. The van der Waals surface area contributed by atoms with E-state index in [9.17, 15) is 28.2 Å². The SMILES string of the molecule is O=C1O[C@H]([C@@H](O)CO)C(Oc2ccc(C(F)(F)F)cc2)=C1O. The van der Waals surface area contributed by atoms with Crippen molar-refractivity contribution < 1.29 is 42.8 Å². The van der Waals surface area contributed by atoms with Gasteiger partial charge in [-0.05, 0) is 24.3 Å². The zero-order valence-electron chi connectivity index (χ0n) is 10.9. The number of benzene rings is 1. The van der Waals surface area contributed by atoms with E-state index in [1.54, 1.807) is 0 Å². The Labute approximate surface area is 122 Å². The van der Waals surface area contributed by atoms with Gasteiger partial charge < -0.3 is 24.8 Å². The highest BCUT2D eigenvalue weighted by molar-refractivity contribution is 5.89. The van der Waals surface area contributed by atoms with E-state index in [4.69, 9.17) is 9.84 Å². The van der Waals surface area contributed by atoms with Gasteiger partial charge >= 0.3 is 12.1 Å². The third-order valence-electron chi connectivity index (χ3n) is 2.87. The number of alkyl halides is 3. The van der Waals surface area contributed by atoms with Gasteiger partial charge in [-0.2, -0.15) is 13.2 Å². The maximum Gasteiger partial charge on any atom is 0.416 e. The molecule has 1 aromatic carbocycles. The van der Waals surface area contributed by atoms with Crippen molar-refractivity contribution in [3.63, 3.8) is 0 Å². The van der Waals surface area contributed by atoms with Crippen molar-refractivity contribution in [3.8, 4) is 5.75 Å². The summed E-state index contributed by atoms with van der Waals surface area (Å²) in [6.07, 6.45) is -7.50. The van der Waals surface area contributed by atoms with Gasteiger partial charge in [-0.15, -0.1) is 0 Å². The number of hydrogen-bond acceptors (Lipinski definition) is 6. The van der Waals surface area contributed by atoms with Crippen molar-refractivity contribution in [3.05, 3.63) is 41.3 Å². The Kier molecular flexibility index (Phi) is 4.29. The smallest absolute Gasteiger partial charge is 0.416 e. The number of carbonyl (C=O) groups is 1. The summed E-state index contributed by atoms with van der Waals surface area (Å²) in [4.78, 5) is 11.2. The first kappa shape index (κ1) is 16.1. The molecule has 0 amide bonds. The number of esters is 1. The summed E-state index contributed by atoms with van der Waals surface area (Å²) in [7, 11) is 0. The van der Waals surface area contributed by atoms with E-state index in [0.717, 1.165) is 24.3 Å². The van der Waals surface area contributed by atoms with Gasteiger partial charge in [-0.3, -0.25) is 0 Å². The molecule has 0 fully saturated rings. The largest absolute Gasteiger partial charge is 0.499 e. The average molecular weight is 320 g/mol. The van der Waals surface area contributed by atoms with Crippen LogP contribution in [0.5, 0.6) is 5.75 Å². The molecule has 9 heteroatoms. The van der Waals surface area contributed by atoms with E-state index in [2.05, 4.69) is 4.74 Å². The Morgan fingerprint density at radius 2 is 1.86 bits per heavy atom. The van der Waals surface area contributed by atoms with Gasteiger partial charge in [0.25, 0.3) is 0 Å². The molecule has 1 aliphatic rings. The maximum absolute atomic E-state index is 12.4. The number of rotatable bonds is 4. The van der Waals surface area contributed by atoms with Crippen LogP contribution >= 0.6 is 0 Å². The molecule has 0 saturated heterocycles. The minimum absolute atomic E-state index is 0.108. The lowest BCUT2D eigenvalue weighted by atomic mass is 10.1. The van der Waals surface area contributed by atoms with E-state index in [1.807, 2.05) is 0 Å². The second kappa shape index (κ2) is 5.85. The van der Waals surface area contributed by atoms with Crippen LogP contribution in [0.3, 0.4) is 0 Å². The van der Waals surface area contributed by atoms with Gasteiger partial charge in [0.1, 0.15) is 11.9 Å². The van der Waals surface area contributed by atoms with E-state index in [1.165, 1.54) is 0 Å². The molecule has 1 heterocycles. The van der Waals surface area contributed by atoms with Gasteiger partial charge in [0.2, 0.25) is 5.76 Å². The van der Waals surface area contributed by atoms with Crippen LogP contribution in [0.2, 0.25) is 0 Å². The molecular formula is C13H11F3O6. The Balaban J connectivity index is 2.22. The molecule has 2 atom stereocenters. The van der Waals surface area contributed by atoms with E-state index in [0.29, 0.717) is 0 Å². The standard InChI is InChI=1S/C13H11F3O6/c14-13(15,16)6-1-3-7(4-2-6)21-11-9(19)12(20)22-10(11)8(18)5-17/h1-4,8,10,17-19H,5H2/t8-,10+/m0/s1. The Morgan fingerprint density at radius 3 is 2.36 bits per heavy atom. The summed E-state index contributed by atoms with van der Waals surface area (Å²) in [6, 6.07) is 3.46. The lowest BCUT2D eigenvalue weighted by Gasteiger charge is -2.18. The first-order valence-corrected chi connectivity index (χ1v) is 6.02. The molecule has 1 aromatic rings. The van der Waals surface area contributed by atoms with Crippen molar-refractivity contribution in [2.24, 2.45) is 0 Å². The topological polar surface area (TPSA) is 96.2 Å². The van der Waals surface area contributed by atoms with Crippen LogP contribution in [-0.2, 0) is 15.7 Å². The van der Waals surface area contributed by atoms with Gasteiger partial charge in [-0.25, -0.2) is 4.79 Å². The van der Waals surface area contributed by atoms with Crippen LogP contribution in [0.25, 0.3) is 0 Å². The number of ether oxygens (including phenoxy) is 2. The molecule has 0 aliphatic carbocycles. The molecule has 0 bridgehead atoms. The number of halogens is 3. The predicted molar refractivity (Wildman–Crippen MR) is 64.7 cm³/mol. The van der Waals surface area contributed by atoms with Crippen LogP contribution in [0, 0.1) is 0 Å². The lowest BCUT2D eigenvalue weighted by molar-refractivity contribution is -0.147. The number of carbonyl (C=O) groups excluding carboxylic acids is 1. The molecule has 2 rings (SSSR count). The minimum Gasteiger partial charge on any atom is -0.499 e. The predicted octanol–water partition coefficient (Wildman–Crippen LogP) is 1.13. The van der Waals surface area contributed by atoms with Crippen LogP contribution in [0.1, 0.15) is 5.56 Å². The minimum atomic E-state index is -4.51. The summed E-state index contributed by atoms with van der Waals surface area (Å²) in [5, 5.41) is 27.9. The molecule has 22 heavy (non-hydrogen) atoms. The highest BCUT2D eigenvalue weighted by atomic mass is 19.4. The van der Waals surface area contributed by atoms with Gasteiger partial charge in [0.15, 0.2) is 11.9 Å². The molecule has 0 unspecified atom stereocenters. The van der Waals surface area contributed by atoms with Crippen molar-refractivity contribution in [2.45, 2.75) is 18.4 Å². The van der Waals surface area contributed by atoms with E-state index in [-0.39, 0.29) is 5.75 Å². The summed E-state index contributed by atoms with van der Waals surface area (Å²) >= 11 is 0. The number of aliphatic hydroxyl groups excluding tert-OH is 3. The van der Waals surface area contributed by atoms with E-state index < -0.39 is 48.0 Å². The second-order valence-corrected chi connectivity index (χ2v) is 4.41. The molecular weight excluding hydrogens is 309 g/mol. The van der Waals surface area contributed by atoms with Gasteiger partial charge in [-0.1, -0.05) is 0 Å². The zero-order valence-corrected chi connectivity index (χ0v) is 10.9. The number of hydrogen-bond donors (Lipinski definition) is 3. The number of cyclic esters (lactones) is 1. The zero-order chi connectivity index (χ0) is 16.5. The van der Waals surface area contributed by atoms with Crippen molar-refractivity contribution >= 4 is 5.97 Å². The normalized spacial score (nSPS) is 20.0. The van der Waals surface area contributed by atoms with Gasteiger partial charge in [0, 0.05) is 0 Å². The Bertz CT molecular complexity index is 593. The first-order valence-electron chi connectivity index (χ1n) is 6.02. The molecule has 6 nitrogen and oxygen atoms in total. The molecule has 0 aromatic heterocycles. The van der Waals surface area contributed by atoms with Crippen molar-refractivity contribution in [1.29, 1.82) is 0 Å². The number of aliphatic hydroxyl groups is 3. The van der Waals surface area contributed by atoms with Gasteiger partial charge in [0.05, 0.1) is 12.2 Å². The van der Waals surface area contributed by atoms with E-state index >= 15 is 0 Å². The maximum atomic E-state index is 12.4. The summed E-state index contributed by atoms with van der Waals surface area (Å²) in [5.41, 5.74) is -0.899. The fourth-order valence-corrected chi connectivity index (χ4v) is 1.75. The highest BCUT2D eigenvalue weighted by Gasteiger charge is 2.41. The molecule has 0 radical (unpaired) electrons. The third kappa shape index (κ3) is 3.15. The molecule has 3 N–H and O–H groups in total. The quantitative estimate of drug-likeness (QED) is 0.720. The van der Waals surface area contributed by atoms with Crippen LogP contribution in [-0.4, -0.2) is 40.1 Å². The lowest BCUT2D eigenvalue weighted by Crippen LogP contribution is -2.33. The van der Waals surface area contributed by atoms with Crippen LogP contribution < -0.4 is 4.74 Å². The molecule has 0 spiro atoms. The molecule has 1 aliphatic heterocycles. The average Bonchev–Trinajstić information content (AvgIpc) is 2.74. The summed E-state index contributed by atoms with van der Waals surface area (Å²) < 4.78 is 47.0. The van der Waals surface area contributed by atoms with Crippen LogP contribution in [0.4, 0.5) is 13.2 Å². The third-order valence-corrected chi connectivity index (χ3v) is 2.87. The second-order valence-electron chi connectivity index (χ2n) is 4.41. The fraction of sp³-hybridized carbons (Fsp3) is 0.308. The fourth-order valence-electron chi connectivity index (χ4n) is 1.75. The monoisotopic (exact) mass is 320 g/mol. The Morgan fingerprint density at radius 1 is 1.27 bits per heavy atom. The molecule has 0 saturated carbocycles. The first-order chi connectivity index (χ1) is 10.2. The summed E-state index contributed by atoms with van der Waals surface area (Å²) in [6.45, 7) is -0.773. The van der Waals surface area contributed by atoms with Crippen molar-refractivity contribution in [2.75, 3.05) is 6.61 Å². The molecule has 120 valence electrons. The van der Waals surface area contributed by atoms with Crippen molar-refractivity contribution in [1.82, 2.24) is 0 Å². The Hall–Kier alpha value is -2.26. The van der Waals surface area contributed by atoms with Crippen LogP contribution in [0.15, 0.2) is 35.8 Å². The highest BCUT2D eigenvalue weighted by Crippen LogP contribution is 2.32.